The monoisotopic (exact) mass is 336 g/mol. The molecule has 1 unspecified atom stereocenters. The van der Waals surface area contributed by atoms with Crippen molar-refractivity contribution >= 4 is 17.5 Å². The highest BCUT2D eigenvalue weighted by Gasteiger charge is 2.27. The lowest BCUT2D eigenvalue weighted by Gasteiger charge is -2.26. The number of morpholine rings is 1. The average molecular weight is 337 g/mol. The van der Waals surface area contributed by atoms with Crippen molar-refractivity contribution in [2.45, 2.75) is 25.2 Å². The van der Waals surface area contributed by atoms with E-state index >= 15 is 0 Å². The third-order valence-corrected chi connectivity index (χ3v) is 5.06. The van der Waals surface area contributed by atoms with Gasteiger partial charge in [-0.05, 0) is 37.1 Å². The molecule has 0 aliphatic carbocycles. The normalized spacial score (nSPS) is 22.5. The molecule has 5 heteroatoms. The van der Waals surface area contributed by atoms with Crippen LogP contribution in [0.5, 0.6) is 0 Å². The fourth-order valence-corrected chi connectivity index (χ4v) is 3.65. The van der Waals surface area contributed by atoms with Crippen LogP contribution in [0.4, 0.5) is 0 Å². The first-order valence-corrected chi connectivity index (χ1v) is 8.93. The second-order valence-electron chi connectivity index (χ2n) is 6.44. The van der Waals surface area contributed by atoms with Crippen molar-refractivity contribution in [2.75, 3.05) is 45.9 Å². The topological polar surface area (TPSA) is 32.8 Å². The molecule has 1 aromatic carbocycles. The highest BCUT2D eigenvalue weighted by atomic mass is 35.5. The van der Waals surface area contributed by atoms with Crippen LogP contribution >= 0.6 is 11.6 Å². The van der Waals surface area contributed by atoms with Crippen molar-refractivity contribution in [1.29, 1.82) is 0 Å². The largest absolute Gasteiger partial charge is 0.379 e. The molecule has 0 N–H and O–H groups in total. The molecular formula is C18H25ClN2O2. The van der Waals surface area contributed by atoms with Crippen LogP contribution in [0.25, 0.3) is 0 Å². The Balaban J connectivity index is 1.42. The minimum Gasteiger partial charge on any atom is -0.379 e. The Morgan fingerprint density at radius 1 is 1.26 bits per heavy atom. The van der Waals surface area contributed by atoms with E-state index in [-0.39, 0.29) is 0 Å². The van der Waals surface area contributed by atoms with Crippen molar-refractivity contribution in [1.82, 2.24) is 9.80 Å². The first kappa shape index (κ1) is 16.7. The lowest BCUT2D eigenvalue weighted by molar-refractivity contribution is -0.130. The van der Waals surface area contributed by atoms with Crippen molar-refractivity contribution in [3.63, 3.8) is 0 Å². The van der Waals surface area contributed by atoms with Gasteiger partial charge >= 0.3 is 0 Å². The quantitative estimate of drug-likeness (QED) is 0.829. The number of benzene rings is 1. The molecule has 0 radical (unpaired) electrons. The second kappa shape index (κ2) is 8.13. The number of likely N-dealkylation sites (tertiary alicyclic amines) is 1. The number of ether oxygens (including phenoxy) is 1. The molecule has 4 nitrogen and oxygen atoms in total. The third kappa shape index (κ3) is 4.69. The van der Waals surface area contributed by atoms with E-state index in [2.05, 4.69) is 11.0 Å². The highest BCUT2D eigenvalue weighted by molar-refractivity contribution is 6.30. The van der Waals surface area contributed by atoms with E-state index in [1.54, 1.807) is 0 Å². The molecule has 3 rings (SSSR count). The van der Waals surface area contributed by atoms with E-state index in [9.17, 15) is 4.79 Å². The Bertz CT molecular complexity index is 532. The van der Waals surface area contributed by atoms with E-state index in [0.29, 0.717) is 18.2 Å². The van der Waals surface area contributed by atoms with Gasteiger partial charge in [0.2, 0.25) is 5.91 Å². The maximum Gasteiger partial charge on any atom is 0.222 e. The predicted octanol–water partition coefficient (Wildman–Crippen LogP) is 2.77. The molecule has 0 bridgehead atoms. The number of halogens is 1. The summed E-state index contributed by atoms with van der Waals surface area (Å²) in [5.74, 6) is 0.722. The van der Waals surface area contributed by atoms with E-state index in [1.165, 1.54) is 5.56 Å². The zero-order chi connectivity index (χ0) is 16.1. The number of rotatable bonds is 5. The molecule has 0 aromatic heterocycles. The summed E-state index contributed by atoms with van der Waals surface area (Å²) in [6.07, 6.45) is 2.63. The second-order valence-corrected chi connectivity index (χ2v) is 6.87. The molecule has 1 amide bonds. The van der Waals surface area contributed by atoms with E-state index in [0.717, 1.165) is 63.8 Å². The number of carbonyl (C=O) groups is 1. The van der Waals surface area contributed by atoms with Gasteiger partial charge in [-0.3, -0.25) is 9.69 Å². The maximum atomic E-state index is 12.4. The van der Waals surface area contributed by atoms with Crippen LogP contribution in [-0.4, -0.2) is 61.6 Å². The van der Waals surface area contributed by atoms with Crippen LogP contribution in [0.2, 0.25) is 5.02 Å². The third-order valence-electron chi connectivity index (χ3n) is 4.83. The summed E-state index contributed by atoms with van der Waals surface area (Å²) in [7, 11) is 0. The number of amides is 1. The fraction of sp³-hybridized carbons (Fsp3) is 0.611. The van der Waals surface area contributed by atoms with Gasteiger partial charge in [0, 0.05) is 43.5 Å². The molecule has 0 spiro atoms. The van der Waals surface area contributed by atoms with Gasteiger partial charge in [0.25, 0.3) is 0 Å². The first-order valence-electron chi connectivity index (χ1n) is 8.56. The standard InChI is InChI=1S/C18H25ClN2O2/c19-17-4-1-3-15(13-17)16-6-8-21(14-16)18(22)5-2-7-20-9-11-23-12-10-20/h1,3-4,13,16H,2,5-12,14H2. The summed E-state index contributed by atoms with van der Waals surface area (Å²) in [5.41, 5.74) is 1.25. The molecule has 126 valence electrons. The van der Waals surface area contributed by atoms with E-state index < -0.39 is 0 Å². The molecule has 2 aliphatic heterocycles. The summed E-state index contributed by atoms with van der Waals surface area (Å²) < 4.78 is 5.34. The molecule has 2 aliphatic rings. The van der Waals surface area contributed by atoms with Gasteiger partial charge in [-0.25, -0.2) is 0 Å². The highest BCUT2D eigenvalue weighted by Crippen LogP contribution is 2.29. The smallest absolute Gasteiger partial charge is 0.222 e. The van der Waals surface area contributed by atoms with Gasteiger partial charge in [0.1, 0.15) is 0 Å². The van der Waals surface area contributed by atoms with Crippen molar-refractivity contribution in [3.05, 3.63) is 34.9 Å². The summed E-state index contributed by atoms with van der Waals surface area (Å²) in [6.45, 7) is 6.33. The molecular weight excluding hydrogens is 312 g/mol. The lowest BCUT2D eigenvalue weighted by atomic mass is 9.99. The molecule has 1 aromatic rings. The summed E-state index contributed by atoms with van der Waals surface area (Å²) in [4.78, 5) is 16.8. The number of hydrogen-bond acceptors (Lipinski definition) is 3. The molecule has 2 fully saturated rings. The SMILES string of the molecule is O=C(CCCN1CCOCC1)N1CCC(c2cccc(Cl)c2)C1. The number of nitrogens with zero attached hydrogens (tertiary/aromatic N) is 2. The number of hydrogen-bond donors (Lipinski definition) is 0. The van der Waals surface area contributed by atoms with Crippen molar-refractivity contribution in [3.8, 4) is 0 Å². The first-order chi connectivity index (χ1) is 11.2. The average Bonchev–Trinajstić information content (AvgIpc) is 3.06. The Kier molecular flexibility index (Phi) is 5.92. The summed E-state index contributed by atoms with van der Waals surface area (Å²) in [5, 5.41) is 0.776. The number of carbonyl (C=O) groups excluding carboxylic acids is 1. The van der Waals surface area contributed by atoms with Crippen LogP contribution in [0.3, 0.4) is 0 Å². The van der Waals surface area contributed by atoms with Crippen LogP contribution in [0.1, 0.15) is 30.7 Å². The van der Waals surface area contributed by atoms with Crippen LogP contribution in [-0.2, 0) is 9.53 Å². The molecule has 1 atom stereocenters. The Morgan fingerprint density at radius 3 is 2.87 bits per heavy atom. The maximum absolute atomic E-state index is 12.4. The molecule has 2 heterocycles. The summed E-state index contributed by atoms with van der Waals surface area (Å²) in [6, 6.07) is 8.03. The molecule has 0 saturated carbocycles. The van der Waals surface area contributed by atoms with Crippen LogP contribution in [0.15, 0.2) is 24.3 Å². The van der Waals surface area contributed by atoms with Gasteiger partial charge in [0.05, 0.1) is 13.2 Å². The molecule has 2 saturated heterocycles. The minimum atomic E-state index is 0.294. The predicted molar refractivity (Wildman–Crippen MR) is 91.9 cm³/mol. The van der Waals surface area contributed by atoms with E-state index in [1.807, 2.05) is 23.1 Å². The van der Waals surface area contributed by atoms with Gasteiger partial charge in [0.15, 0.2) is 0 Å². The van der Waals surface area contributed by atoms with Crippen LogP contribution in [0, 0.1) is 0 Å². The Morgan fingerprint density at radius 2 is 2.09 bits per heavy atom. The molecule has 23 heavy (non-hydrogen) atoms. The van der Waals surface area contributed by atoms with E-state index in [4.69, 9.17) is 16.3 Å². The zero-order valence-corrected chi connectivity index (χ0v) is 14.3. The minimum absolute atomic E-state index is 0.294. The van der Waals surface area contributed by atoms with Crippen LogP contribution < -0.4 is 0 Å². The Labute approximate surface area is 143 Å². The Hall–Kier alpha value is -1.10. The van der Waals surface area contributed by atoms with Crippen molar-refractivity contribution < 1.29 is 9.53 Å². The van der Waals surface area contributed by atoms with Gasteiger partial charge in [-0.1, -0.05) is 23.7 Å². The van der Waals surface area contributed by atoms with Crippen molar-refractivity contribution in [2.24, 2.45) is 0 Å². The van der Waals surface area contributed by atoms with Gasteiger partial charge in [-0.2, -0.15) is 0 Å². The van der Waals surface area contributed by atoms with Gasteiger partial charge in [-0.15, -0.1) is 0 Å². The fourth-order valence-electron chi connectivity index (χ4n) is 3.46. The van der Waals surface area contributed by atoms with Gasteiger partial charge < -0.3 is 9.64 Å². The zero-order valence-electron chi connectivity index (χ0n) is 13.5. The lowest BCUT2D eigenvalue weighted by Crippen LogP contribution is -2.37. The summed E-state index contributed by atoms with van der Waals surface area (Å²) >= 11 is 6.07.